The number of hydrogen-bond acceptors (Lipinski definition) is 5. The largest absolute Gasteiger partial charge is 0.456 e. The van der Waals surface area contributed by atoms with Gasteiger partial charge in [-0.15, -0.1) is 22.7 Å². The van der Waals surface area contributed by atoms with E-state index in [1.54, 1.807) is 0 Å². The van der Waals surface area contributed by atoms with Crippen LogP contribution in [0.1, 0.15) is 0 Å². The number of anilines is 3. The Morgan fingerprint density at radius 3 is 1.81 bits per heavy atom. The highest BCUT2D eigenvalue weighted by Crippen LogP contribution is 2.48. The second-order valence-corrected chi connectivity index (χ2v) is 17.3. The standard InChI is InChI=1S/C54H31NO2S2/c1-4-21-45-38(13-1)41-29-30-47-51(52(41)57-45)50-36(16-10-22-46(50)56-47)33-11-7-12-35(31-33)55(44-20-9-19-43-40-15-3-6-24-49(40)59-54(43)44)34-27-25-32(26-28-34)37-17-8-18-42-39-14-2-5-23-48(39)58-53(37)42/h1-31H. The molecule has 4 heterocycles. The van der Waals surface area contributed by atoms with Gasteiger partial charge in [0.1, 0.15) is 22.3 Å². The van der Waals surface area contributed by atoms with Crippen LogP contribution in [0.5, 0.6) is 0 Å². The lowest BCUT2D eigenvalue weighted by atomic mass is 9.97. The van der Waals surface area contributed by atoms with Crippen molar-refractivity contribution in [2.75, 3.05) is 4.90 Å². The lowest BCUT2D eigenvalue weighted by molar-refractivity contribution is 0.663. The molecule has 13 rings (SSSR count). The molecule has 9 aromatic carbocycles. The van der Waals surface area contributed by atoms with Crippen molar-refractivity contribution in [1.29, 1.82) is 0 Å². The van der Waals surface area contributed by atoms with E-state index in [0.717, 1.165) is 72.1 Å². The maximum absolute atomic E-state index is 6.58. The predicted molar refractivity (Wildman–Crippen MR) is 252 cm³/mol. The van der Waals surface area contributed by atoms with Crippen LogP contribution in [0.2, 0.25) is 0 Å². The fourth-order valence-electron chi connectivity index (χ4n) is 9.24. The van der Waals surface area contributed by atoms with Crippen molar-refractivity contribution in [2.45, 2.75) is 0 Å². The van der Waals surface area contributed by atoms with Gasteiger partial charge >= 0.3 is 0 Å². The molecule has 0 aliphatic carbocycles. The number of hydrogen-bond donors (Lipinski definition) is 0. The number of rotatable bonds is 5. The Labute approximate surface area is 346 Å². The van der Waals surface area contributed by atoms with Gasteiger partial charge in [0.2, 0.25) is 0 Å². The molecule has 3 nitrogen and oxygen atoms in total. The summed E-state index contributed by atoms with van der Waals surface area (Å²) in [5.41, 5.74) is 11.4. The fraction of sp³-hybridized carbons (Fsp3) is 0. The zero-order valence-corrected chi connectivity index (χ0v) is 33.1. The fourth-order valence-corrected chi connectivity index (χ4v) is 11.7. The topological polar surface area (TPSA) is 29.5 Å². The molecule has 0 aliphatic rings. The number of furan rings is 2. The van der Waals surface area contributed by atoms with Gasteiger partial charge in [-0.1, -0.05) is 121 Å². The van der Waals surface area contributed by atoms with Crippen molar-refractivity contribution in [3.63, 3.8) is 0 Å². The minimum atomic E-state index is 0.819. The second kappa shape index (κ2) is 12.7. The minimum Gasteiger partial charge on any atom is -0.456 e. The third-order valence-electron chi connectivity index (χ3n) is 11.9. The van der Waals surface area contributed by atoms with Gasteiger partial charge in [0.25, 0.3) is 0 Å². The average Bonchev–Trinajstić information content (AvgIpc) is 4.07. The van der Waals surface area contributed by atoms with Crippen LogP contribution in [0.3, 0.4) is 0 Å². The summed E-state index contributed by atoms with van der Waals surface area (Å²) in [5.74, 6) is 0. The highest BCUT2D eigenvalue weighted by Gasteiger charge is 2.22. The summed E-state index contributed by atoms with van der Waals surface area (Å²) >= 11 is 3.73. The summed E-state index contributed by atoms with van der Waals surface area (Å²) in [5, 5.41) is 9.43. The molecule has 0 amide bonds. The molecule has 0 unspecified atom stereocenters. The van der Waals surface area contributed by atoms with E-state index >= 15 is 0 Å². The molecular weight excluding hydrogens is 759 g/mol. The van der Waals surface area contributed by atoms with Gasteiger partial charge in [-0.25, -0.2) is 0 Å². The van der Waals surface area contributed by atoms with E-state index in [0.29, 0.717) is 0 Å². The van der Waals surface area contributed by atoms with Crippen LogP contribution < -0.4 is 4.90 Å². The van der Waals surface area contributed by atoms with Crippen LogP contribution in [0.4, 0.5) is 17.1 Å². The van der Waals surface area contributed by atoms with E-state index < -0.39 is 0 Å². The molecule has 0 atom stereocenters. The van der Waals surface area contributed by atoms with Crippen molar-refractivity contribution in [2.24, 2.45) is 0 Å². The van der Waals surface area contributed by atoms with Gasteiger partial charge in [0.05, 0.1) is 15.8 Å². The average molecular weight is 790 g/mol. The third-order valence-corrected chi connectivity index (χ3v) is 14.3. The van der Waals surface area contributed by atoms with E-state index in [9.17, 15) is 0 Å². The Bertz CT molecular complexity index is 3810. The highest BCUT2D eigenvalue weighted by atomic mass is 32.1. The first-order valence-electron chi connectivity index (χ1n) is 19.8. The minimum absolute atomic E-state index is 0.819. The van der Waals surface area contributed by atoms with Gasteiger partial charge in [-0.05, 0) is 89.0 Å². The smallest absolute Gasteiger partial charge is 0.147 e. The molecular formula is C54H31NO2S2. The van der Waals surface area contributed by atoms with Gasteiger partial charge in [-0.3, -0.25) is 0 Å². The first kappa shape index (κ1) is 32.9. The van der Waals surface area contributed by atoms with E-state index in [4.69, 9.17) is 8.83 Å². The number of para-hydroxylation sites is 1. The molecule has 0 radical (unpaired) electrons. The Hall–Kier alpha value is -7.18. The zero-order valence-electron chi connectivity index (χ0n) is 31.5. The van der Waals surface area contributed by atoms with Crippen LogP contribution >= 0.6 is 22.7 Å². The van der Waals surface area contributed by atoms with Crippen molar-refractivity contribution >= 4 is 124 Å². The quantitative estimate of drug-likeness (QED) is 0.174. The SMILES string of the molecule is c1cc(-c2cccc3oc4ccc5c6ccccc6oc5c4c23)cc(N(c2ccc(-c3cccc4c3sc3ccccc34)cc2)c2cccc3c2sc2ccccc23)c1. The van der Waals surface area contributed by atoms with Crippen molar-refractivity contribution in [3.8, 4) is 22.3 Å². The lowest BCUT2D eigenvalue weighted by Crippen LogP contribution is -2.10. The molecule has 4 aromatic heterocycles. The summed E-state index contributed by atoms with van der Waals surface area (Å²) < 4.78 is 18.3. The van der Waals surface area contributed by atoms with Crippen LogP contribution in [-0.2, 0) is 0 Å². The van der Waals surface area contributed by atoms with Crippen molar-refractivity contribution < 1.29 is 8.83 Å². The lowest BCUT2D eigenvalue weighted by Gasteiger charge is -2.27. The number of benzene rings is 9. The Morgan fingerprint density at radius 1 is 0.356 bits per heavy atom. The molecule has 276 valence electrons. The second-order valence-electron chi connectivity index (χ2n) is 15.2. The monoisotopic (exact) mass is 789 g/mol. The van der Waals surface area contributed by atoms with Crippen LogP contribution in [0, 0.1) is 0 Å². The number of nitrogens with zero attached hydrogens (tertiary/aromatic N) is 1. The summed E-state index contributed by atoms with van der Waals surface area (Å²) in [6.07, 6.45) is 0. The zero-order chi connectivity index (χ0) is 38.6. The van der Waals surface area contributed by atoms with Crippen LogP contribution in [0.25, 0.3) is 106 Å². The molecule has 0 aliphatic heterocycles. The van der Waals surface area contributed by atoms with E-state index in [2.05, 4.69) is 181 Å². The van der Waals surface area contributed by atoms with Crippen molar-refractivity contribution in [3.05, 3.63) is 188 Å². The van der Waals surface area contributed by atoms with Gasteiger partial charge in [0, 0.05) is 63.2 Å². The van der Waals surface area contributed by atoms with Crippen molar-refractivity contribution in [1.82, 2.24) is 0 Å². The summed E-state index contributed by atoms with van der Waals surface area (Å²) in [6, 6.07) is 67.7. The summed E-state index contributed by atoms with van der Waals surface area (Å²) in [6.45, 7) is 0. The number of thiophene rings is 2. The van der Waals surface area contributed by atoms with Crippen LogP contribution in [-0.4, -0.2) is 0 Å². The highest BCUT2D eigenvalue weighted by molar-refractivity contribution is 7.26. The van der Waals surface area contributed by atoms with Gasteiger partial charge < -0.3 is 13.7 Å². The molecule has 0 saturated carbocycles. The van der Waals surface area contributed by atoms with E-state index in [-0.39, 0.29) is 0 Å². The van der Waals surface area contributed by atoms with E-state index in [1.807, 2.05) is 34.8 Å². The normalized spacial score (nSPS) is 12.1. The molecule has 59 heavy (non-hydrogen) atoms. The molecule has 0 bridgehead atoms. The maximum Gasteiger partial charge on any atom is 0.147 e. The molecule has 13 aromatic rings. The van der Waals surface area contributed by atoms with E-state index in [1.165, 1.54) is 51.5 Å². The maximum atomic E-state index is 6.58. The molecule has 5 heteroatoms. The Morgan fingerprint density at radius 2 is 0.983 bits per heavy atom. The van der Waals surface area contributed by atoms with Gasteiger partial charge in [0.15, 0.2) is 0 Å². The number of fused-ring (bicyclic) bond motifs is 13. The Balaban J connectivity index is 1.01. The first-order valence-corrected chi connectivity index (χ1v) is 21.5. The summed E-state index contributed by atoms with van der Waals surface area (Å²) in [4.78, 5) is 2.43. The third kappa shape index (κ3) is 4.93. The summed E-state index contributed by atoms with van der Waals surface area (Å²) in [7, 11) is 0. The van der Waals surface area contributed by atoms with Crippen LogP contribution in [0.15, 0.2) is 197 Å². The molecule has 0 saturated heterocycles. The molecule has 0 fully saturated rings. The predicted octanol–water partition coefficient (Wildman–Crippen LogP) is 17.0. The molecule has 0 spiro atoms. The molecule has 0 N–H and O–H groups in total. The first-order chi connectivity index (χ1) is 29.2. The Kier molecular flexibility index (Phi) is 7.05. The van der Waals surface area contributed by atoms with Gasteiger partial charge in [-0.2, -0.15) is 0 Å².